The summed E-state index contributed by atoms with van der Waals surface area (Å²) in [5, 5.41) is 8.82. The number of rotatable bonds is 2. The van der Waals surface area contributed by atoms with Crippen LogP contribution in [0.2, 0.25) is 0 Å². The third kappa shape index (κ3) is 2.47. The van der Waals surface area contributed by atoms with Crippen molar-refractivity contribution in [2.75, 3.05) is 0 Å². The third-order valence-corrected chi connectivity index (χ3v) is 5.18. The van der Waals surface area contributed by atoms with Crippen LogP contribution in [0.25, 0.3) is 10.9 Å². The number of carbonyl (C=O) groups is 1. The van der Waals surface area contributed by atoms with E-state index in [9.17, 15) is 18.0 Å². The molecule has 1 amide bonds. The Labute approximate surface area is 141 Å². The molecule has 1 aliphatic rings. The first kappa shape index (κ1) is 15.4. The van der Waals surface area contributed by atoms with Crippen molar-refractivity contribution in [3.05, 3.63) is 64.4 Å². The molecule has 3 aromatic rings. The summed E-state index contributed by atoms with van der Waals surface area (Å²) in [6.07, 6.45) is 0. The minimum atomic E-state index is -3.91. The van der Waals surface area contributed by atoms with E-state index in [1.807, 2.05) is 0 Å². The van der Waals surface area contributed by atoms with Crippen LogP contribution in [0, 0.1) is 0 Å². The van der Waals surface area contributed by atoms with E-state index < -0.39 is 28.2 Å². The second-order valence-electron chi connectivity index (χ2n) is 5.38. The van der Waals surface area contributed by atoms with Crippen molar-refractivity contribution in [1.29, 1.82) is 0 Å². The Morgan fingerprint density at radius 3 is 2.56 bits per heavy atom. The van der Waals surface area contributed by atoms with Gasteiger partial charge < -0.3 is 0 Å². The summed E-state index contributed by atoms with van der Waals surface area (Å²) in [5.41, 5.74) is -0.0286. The Kier molecular flexibility index (Phi) is 3.37. The van der Waals surface area contributed by atoms with E-state index in [4.69, 9.17) is 0 Å². The molecule has 126 valence electrons. The zero-order valence-electron chi connectivity index (χ0n) is 12.7. The lowest BCUT2D eigenvalue weighted by atomic mass is 10.2. The molecule has 0 saturated heterocycles. The van der Waals surface area contributed by atoms with Crippen LogP contribution in [0.5, 0.6) is 0 Å². The zero-order valence-corrected chi connectivity index (χ0v) is 13.5. The minimum absolute atomic E-state index is 0.0306. The number of fused-ring (bicyclic) bond motifs is 2. The van der Waals surface area contributed by atoms with Crippen LogP contribution in [0.15, 0.2) is 58.2 Å². The molecule has 1 aromatic heterocycles. The van der Waals surface area contributed by atoms with Crippen molar-refractivity contribution in [2.45, 2.75) is 11.6 Å². The molecule has 2 aromatic carbocycles. The van der Waals surface area contributed by atoms with Crippen LogP contribution in [0.3, 0.4) is 0 Å². The average molecular weight is 357 g/mol. The predicted octanol–water partition coefficient (Wildman–Crippen LogP) is 0.0983. The van der Waals surface area contributed by atoms with E-state index >= 15 is 0 Å². The van der Waals surface area contributed by atoms with E-state index in [1.54, 1.807) is 30.3 Å². The lowest BCUT2D eigenvalue weighted by Crippen LogP contribution is -2.52. The van der Waals surface area contributed by atoms with E-state index in [0.717, 1.165) is 9.69 Å². The van der Waals surface area contributed by atoms with E-state index in [1.165, 1.54) is 18.2 Å². The van der Waals surface area contributed by atoms with E-state index in [2.05, 4.69) is 15.1 Å². The fourth-order valence-electron chi connectivity index (χ4n) is 2.60. The maximum Gasteiger partial charge on any atom is 0.279 e. The number of benzene rings is 2. The van der Waals surface area contributed by atoms with E-state index in [-0.39, 0.29) is 10.5 Å². The molecule has 1 N–H and O–H groups in total. The first-order valence-electron chi connectivity index (χ1n) is 7.23. The van der Waals surface area contributed by atoms with Gasteiger partial charge in [-0.3, -0.25) is 9.59 Å². The van der Waals surface area contributed by atoms with Gasteiger partial charge in [0.05, 0.1) is 15.8 Å². The minimum Gasteiger partial charge on any atom is -0.267 e. The topological polar surface area (TPSA) is 114 Å². The number of hydrogen-bond acceptors (Lipinski definition) is 6. The third-order valence-electron chi connectivity index (χ3n) is 3.79. The summed E-state index contributed by atoms with van der Waals surface area (Å²) >= 11 is 0. The normalized spacial score (nSPS) is 16.0. The highest BCUT2D eigenvalue weighted by molar-refractivity contribution is 7.89. The number of nitrogens with one attached hydrogen (secondary N) is 1. The van der Waals surface area contributed by atoms with Gasteiger partial charge in [-0.15, -0.1) is 9.93 Å². The molecule has 10 heteroatoms. The van der Waals surface area contributed by atoms with Gasteiger partial charge in [-0.05, 0) is 24.3 Å². The van der Waals surface area contributed by atoms with Crippen LogP contribution >= 0.6 is 0 Å². The highest BCUT2D eigenvalue weighted by Gasteiger charge is 2.34. The number of hydrogen-bond donors (Lipinski definition) is 1. The molecule has 0 unspecified atom stereocenters. The first-order chi connectivity index (χ1) is 12.0. The molecule has 2 heterocycles. The summed E-state index contributed by atoms with van der Waals surface area (Å²) in [5.74, 6) is -0.577. The van der Waals surface area contributed by atoms with Gasteiger partial charge in [-0.1, -0.05) is 29.5 Å². The Balaban J connectivity index is 1.76. The zero-order chi connectivity index (χ0) is 17.6. The summed E-state index contributed by atoms with van der Waals surface area (Å²) in [6.45, 7) is -0.400. The van der Waals surface area contributed by atoms with Gasteiger partial charge in [0.2, 0.25) is 0 Å². The molecule has 0 fully saturated rings. The average Bonchev–Trinajstić information content (AvgIpc) is 2.62. The molecule has 0 radical (unpaired) electrons. The van der Waals surface area contributed by atoms with Crippen molar-refractivity contribution in [1.82, 2.24) is 24.8 Å². The van der Waals surface area contributed by atoms with E-state index in [0.29, 0.717) is 10.9 Å². The predicted molar refractivity (Wildman–Crippen MR) is 86.7 cm³/mol. The van der Waals surface area contributed by atoms with Gasteiger partial charge in [0.25, 0.3) is 21.5 Å². The Morgan fingerprint density at radius 2 is 1.72 bits per heavy atom. The molecule has 0 spiro atoms. The van der Waals surface area contributed by atoms with Crippen molar-refractivity contribution in [3.63, 3.8) is 0 Å². The van der Waals surface area contributed by atoms with Gasteiger partial charge >= 0.3 is 0 Å². The molecular weight excluding hydrogens is 346 g/mol. The van der Waals surface area contributed by atoms with Gasteiger partial charge in [-0.2, -0.15) is 4.68 Å². The monoisotopic (exact) mass is 357 g/mol. The Hall–Kier alpha value is -3.11. The van der Waals surface area contributed by atoms with Crippen molar-refractivity contribution >= 4 is 26.8 Å². The fraction of sp³-hybridized carbons (Fsp3) is 0.0667. The largest absolute Gasteiger partial charge is 0.279 e. The molecule has 0 atom stereocenters. The van der Waals surface area contributed by atoms with Crippen LogP contribution in [-0.4, -0.2) is 34.3 Å². The smallest absolute Gasteiger partial charge is 0.267 e. The molecular formula is C15H11N5O4S. The van der Waals surface area contributed by atoms with Crippen LogP contribution < -0.4 is 10.4 Å². The van der Waals surface area contributed by atoms with Crippen molar-refractivity contribution in [3.8, 4) is 0 Å². The highest BCUT2D eigenvalue weighted by Crippen LogP contribution is 2.21. The maximum atomic E-state index is 12.5. The lowest BCUT2D eigenvalue weighted by molar-refractivity contribution is 0.0620. The molecule has 0 aliphatic carbocycles. The molecule has 4 rings (SSSR count). The number of sulfonamides is 1. The summed E-state index contributed by atoms with van der Waals surface area (Å²) in [6, 6.07) is 12.5. The quantitative estimate of drug-likeness (QED) is 0.696. The maximum absolute atomic E-state index is 12.5. The van der Waals surface area contributed by atoms with Gasteiger partial charge in [0, 0.05) is 0 Å². The van der Waals surface area contributed by atoms with Crippen molar-refractivity contribution < 1.29 is 13.2 Å². The Bertz CT molecular complexity index is 1170. The second-order valence-corrected chi connectivity index (χ2v) is 7.01. The first-order valence-corrected chi connectivity index (χ1v) is 8.71. The molecule has 1 aliphatic heterocycles. The summed E-state index contributed by atoms with van der Waals surface area (Å²) in [4.78, 5) is 27.0. The number of nitrogens with zero attached hydrogens (tertiary/aromatic N) is 4. The number of hydrazine groups is 1. The van der Waals surface area contributed by atoms with Gasteiger partial charge in [-0.25, -0.2) is 13.4 Å². The SMILES string of the molecule is O=C1c2ccccc2S(=O)(=O)NN1Cn1nnc2ccccc2c1=O. The van der Waals surface area contributed by atoms with Crippen LogP contribution in [-0.2, 0) is 16.7 Å². The number of aromatic nitrogens is 3. The summed E-state index contributed by atoms with van der Waals surface area (Å²) < 4.78 is 25.5. The second kappa shape index (κ2) is 5.46. The molecule has 9 nitrogen and oxygen atoms in total. The lowest BCUT2D eigenvalue weighted by Gasteiger charge is -2.28. The summed E-state index contributed by atoms with van der Waals surface area (Å²) in [7, 11) is -3.91. The standard InChI is InChI=1S/C15H11N5O4S/c21-14-10-5-1-3-7-12(10)16-17-19(14)9-20-15(22)11-6-2-4-8-13(11)25(23,24)18-20/h1-8,18H,9H2. The molecule has 25 heavy (non-hydrogen) atoms. The van der Waals surface area contributed by atoms with Gasteiger partial charge in [0.15, 0.2) is 0 Å². The van der Waals surface area contributed by atoms with Crippen LogP contribution in [0.1, 0.15) is 10.4 Å². The number of amides is 1. The fourth-order valence-corrected chi connectivity index (χ4v) is 3.83. The van der Waals surface area contributed by atoms with Crippen molar-refractivity contribution in [2.24, 2.45) is 0 Å². The highest BCUT2D eigenvalue weighted by atomic mass is 32.2. The Morgan fingerprint density at radius 1 is 1.00 bits per heavy atom. The van der Waals surface area contributed by atoms with Gasteiger partial charge in [0.1, 0.15) is 12.2 Å². The molecule has 0 bridgehead atoms. The number of carbonyl (C=O) groups excluding carboxylic acids is 1. The van der Waals surface area contributed by atoms with Crippen LogP contribution in [0.4, 0.5) is 0 Å². The molecule has 0 saturated carbocycles.